The van der Waals surface area contributed by atoms with Crippen molar-refractivity contribution >= 4 is 22.4 Å². The zero-order valence-electron chi connectivity index (χ0n) is 13.5. The molecule has 1 N–H and O–H groups in total. The fraction of sp³-hybridized carbons (Fsp3) is 0.222. The Hall–Kier alpha value is -2.60. The standard InChI is InChI=1S/C18H18N2O3S/c1-12-5-7-16(22-2)14(10-12)15-11-24-18(19-15)20-17(21)8-6-13-4-3-9-23-13/h3-5,7,9-11H,6,8H2,1-2H3,(H,19,20,21). The Morgan fingerprint density at radius 2 is 2.25 bits per heavy atom. The van der Waals surface area contributed by atoms with E-state index in [-0.39, 0.29) is 5.91 Å². The van der Waals surface area contributed by atoms with Gasteiger partial charge in [0, 0.05) is 23.8 Å². The molecule has 0 saturated carbocycles. The van der Waals surface area contributed by atoms with Crippen molar-refractivity contribution in [3.8, 4) is 17.0 Å². The lowest BCUT2D eigenvalue weighted by Crippen LogP contribution is -2.11. The summed E-state index contributed by atoms with van der Waals surface area (Å²) in [6.45, 7) is 2.02. The first-order valence-corrected chi connectivity index (χ1v) is 8.46. The summed E-state index contributed by atoms with van der Waals surface area (Å²) < 4.78 is 10.6. The second-order valence-electron chi connectivity index (χ2n) is 5.37. The topological polar surface area (TPSA) is 64.4 Å². The van der Waals surface area contributed by atoms with Crippen LogP contribution in [-0.2, 0) is 11.2 Å². The van der Waals surface area contributed by atoms with Crippen molar-refractivity contribution in [2.45, 2.75) is 19.8 Å². The van der Waals surface area contributed by atoms with Gasteiger partial charge in [0.15, 0.2) is 5.13 Å². The fourth-order valence-corrected chi connectivity index (χ4v) is 3.08. The summed E-state index contributed by atoms with van der Waals surface area (Å²) in [5.41, 5.74) is 2.84. The molecule has 2 aromatic heterocycles. The summed E-state index contributed by atoms with van der Waals surface area (Å²) in [6, 6.07) is 9.61. The minimum Gasteiger partial charge on any atom is -0.496 e. The summed E-state index contributed by atoms with van der Waals surface area (Å²) in [5, 5.41) is 5.33. The smallest absolute Gasteiger partial charge is 0.226 e. The molecular weight excluding hydrogens is 324 g/mol. The molecule has 2 heterocycles. The quantitative estimate of drug-likeness (QED) is 0.726. The van der Waals surface area contributed by atoms with Crippen LogP contribution in [0.3, 0.4) is 0 Å². The van der Waals surface area contributed by atoms with Crippen molar-refractivity contribution in [3.63, 3.8) is 0 Å². The molecule has 0 aliphatic heterocycles. The monoisotopic (exact) mass is 342 g/mol. The number of methoxy groups -OCH3 is 1. The van der Waals surface area contributed by atoms with Gasteiger partial charge in [-0.1, -0.05) is 11.6 Å². The van der Waals surface area contributed by atoms with Gasteiger partial charge in [0.05, 0.1) is 19.1 Å². The SMILES string of the molecule is COc1ccc(C)cc1-c1csc(NC(=O)CCc2ccco2)n1. The molecule has 3 aromatic rings. The molecule has 0 unspecified atom stereocenters. The van der Waals surface area contributed by atoms with E-state index in [1.54, 1.807) is 13.4 Å². The Labute approximate surface area is 144 Å². The first kappa shape index (κ1) is 16.3. The molecule has 3 rings (SSSR count). The number of aryl methyl sites for hydroxylation is 2. The van der Waals surface area contributed by atoms with Gasteiger partial charge >= 0.3 is 0 Å². The molecule has 6 heteroatoms. The third-order valence-corrected chi connectivity index (χ3v) is 4.32. The summed E-state index contributed by atoms with van der Waals surface area (Å²) in [4.78, 5) is 16.5. The lowest BCUT2D eigenvalue weighted by Gasteiger charge is -2.07. The van der Waals surface area contributed by atoms with Crippen LogP contribution in [0.1, 0.15) is 17.7 Å². The number of nitrogens with one attached hydrogen (secondary N) is 1. The van der Waals surface area contributed by atoms with E-state index in [0.717, 1.165) is 28.3 Å². The molecule has 24 heavy (non-hydrogen) atoms. The first-order valence-electron chi connectivity index (χ1n) is 7.58. The summed E-state index contributed by atoms with van der Waals surface area (Å²) in [7, 11) is 1.64. The number of hydrogen-bond acceptors (Lipinski definition) is 5. The van der Waals surface area contributed by atoms with Crippen LogP contribution >= 0.6 is 11.3 Å². The molecule has 0 fully saturated rings. The third-order valence-electron chi connectivity index (χ3n) is 3.56. The number of benzene rings is 1. The predicted molar refractivity (Wildman–Crippen MR) is 94.5 cm³/mol. The van der Waals surface area contributed by atoms with Gasteiger partial charge in [-0.05, 0) is 31.2 Å². The minimum absolute atomic E-state index is 0.0801. The molecule has 124 valence electrons. The average molecular weight is 342 g/mol. The zero-order valence-corrected chi connectivity index (χ0v) is 14.4. The second-order valence-corrected chi connectivity index (χ2v) is 6.23. The molecule has 1 aromatic carbocycles. The highest BCUT2D eigenvalue weighted by atomic mass is 32.1. The largest absolute Gasteiger partial charge is 0.496 e. The molecule has 0 aliphatic carbocycles. The maximum absolute atomic E-state index is 12.0. The predicted octanol–water partition coefficient (Wildman–Crippen LogP) is 4.29. The lowest BCUT2D eigenvalue weighted by atomic mass is 10.1. The van der Waals surface area contributed by atoms with Crippen LogP contribution in [0, 0.1) is 6.92 Å². The molecule has 0 saturated heterocycles. The van der Waals surface area contributed by atoms with Crippen molar-refractivity contribution in [2.24, 2.45) is 0 Å². The Balaban J connectivity index is 1.67. The van der Waals surface area contributed by atoms with Gasteiger partial charge in [-0.2, -0.15) is 0 Å². The van der Waals surface area contributed by atoms with Gasteiger partial charge in [0.1, 0.15) is 11.5 Å². The van der Waals surface area contributed by atoms with E-state index in [4.69, 9.17) is 9.15 Å². The summed E-state index contributed by atoms with van der Waals surface area (Å²) >= 11 is 1.40. The fourth-order valence-electron chi connectivity index (χ4n) is 2.35. The number of carbonyl (C=O) groups is 1. The normalized spacial score (nSPS) is 10.6. The van der Waals surface area contributed by atoms with E-state index in [1.807, 2.05) is 42.6 Å². The van der Waals surface area contributed by atoms with Gasteiger partial charge in [-0.3, -0.25) is 4.79 Å². The highest BCUT2D eigenvalue weighted by Gasteiger charge is 2.12. The maximum atomic E-state index is 12.0. The van der Waals surface area contributed by atoms with Crippen LogP contribution in [0.25, 0.3) is 11.3 Å². The molecule has 1 amide bonds. The van der Waals surface area contributed by atoms with Crippen molar-refractivity contribution in [1.29, 1.82) is 0 Å². The van der Waals surface area contributed by atoms with Crippen LogP contribution in [0.2, 0.25) is 0 Å². The van der Waals surface area contributed by atoms with E-state index in [2.05, 4.69) is 10.3 Å². The molecular formula is C18H18N2O3S. The van der Waals surface area contributed by atoms with E-state index >= 15 is 0 Å². The summed E-state index contributed by atoms with van der Waals surface area (Å²) in [5.74, 6) is 1.49. The molecule has 0 radical (unpaired) electrons. The number of thiazole rings is 1. The van der Waals surface area contributed by atoms with Crippen LogP contribution in [-0.4, -0.2) is 18.0 Å². The first-order chi connectivity index (χ1) is 11.7. The second kappa shape index (κ2) is 7.31. The van der Waals surface area contributed by atoms with Crippen LogP contribution in [0.4, 0.5) is 5.13 Å². The highest BCUT2D eigenvalue weighted by molar-refractivity contribution is 7.14. The number of furan rings is 1. The number of carbonyl (C=O) groups excluding carboxylic acids is 1. The lowest BCUT2D eigenvalue weighted by molar-refractivity contribution is -0.116. The average Bonchev–Trinajstić information content (AvgIpc) is 3.24. The van der Waals surface area contributed by atoms with Crippen LogP contribution in [0.5, 0.6) is 5.75 Å². The van der Waals surface area contributed by atoms with Gasteiger partial charge in [-0.25, -0.2) is 4.98 Å². The summed E-state index contributed by atoms with van der Waals surface area (Å²) in [6.07, 6.45) is 2.54. The molecule has 0 aliphatic rings. The Morgan fingerprint density at radius 1 is 1.38 bits per heavy atom. The number of anilines is 1. The van der Waals surface area contributed by atoms with Gasteiger partial charge in [0.25, 0.3) is 0 Å². The number of hydrogen-bond donors (Lipinski definition) is 1. The Bertz CT molecular complexity index is 825. The number of nitrogens with zero attached hydrogens (tertiary/aromatic N) is 1. The Morgan fingerprint density at radius 3 is 3.00 bits per heavy atom. The van der Waals surface area contributed by atoms with Crippen LogP contribution < -0.4 is 10.1 Å². The van der Waals surface area contributed by atoms with E-state index in [1.165, 1.54) is 11.3 Å². The molecule has 0 spiro atoms. The number of aromatic nitrogens is 1. The minimum atomic E-state index is -0.0801. The van der Waals surface area contributed by atoms with Gasteiger partial charge < -0.3 is 14.5 Å². The van der Waals surface area contributed by atoms with E-state index < -0.39 is 0 Å². The number of ether oxygens (including phenoxy) is 1. The zero-order chi connectivity index (χ0) is 16.9. The van der Waals surface area contributed by atoms with Crippen molar-refractivity contribution in [1.82, 2.24) is 4.98 Å². The maximum Gasteiger partial charge on any atom is 0.226 e. The number of rotatable bonds is 6. The van der Waals surface area contributed by atoms with E-state index in [0.29, 0.717) is 18.0 Å². The van der Waals surface area contributed by atoms with Crippen LogP contribution in [0.15, 0.2) is 46.4 Å². The molecule has 0 bridgehead atoms. The van der Waals surface area contributed by atoms with Gasteiger partial charge in [-0.15, -0.1) is 11.3 Å². The van der Waals surface area contributed by atoms with Gasteiger partial charge in [0.2, 0.25) is 5.91 Å². The number of amides is 1. The third kappa shape index (κ3) is 3.83. The highest BCUT2D eigenvalue weighted by Crippen LogP contribution is 2.33. The molecule has 0 atom stereocenters. The van der Waals surface area contributed by atoms with Crippen molar-refractivity contribution < 1.29 is 13.9 Å². The van der Waals surface area contributed by atoms with E-state index in [9.17, 15) is 4.79 Å². The Kier molecular flexibility index (Phi) is 4.96. The van der Waals surface area contributed by atoms with Crippen molar-refractivity contribution in [2.75, 3.05) is 12.4 Å². The van der Waals surface area contributed by atoms with Crippen molar-refractivity contribution in [3.05, 3.63) is 53.3 Å². The molecule has 5 nitrogen and oxygen atoms in total.